The first kappa shape index (κ1) is 13.9. The van der Waals surface area contributed by atoms with Gasteiger partial charge in [0.15, 0.2) is 0 Å². The van der Waals surface area contributed by atoms with Crippen molar-refractivity contribution in [1.29, 1.82) is 0 Å². The maximum atomic E-state index is 11.5. The van der Waals surface area contributed by atoms with E-state index in [1.54, 1.807) is 6.92 Å². The summed E-state index contributed by atoms with van der Waals surface area (Å²) in [6, 6.07) is -0.509. The number of nitrogens with one attached hydrogen (secondary N) is 3. The Hall–Kier alpha value is -1.14. The van der Waals surface area contributed by atoms with Gasteiger partial charge in [-0.2, -0.15) is 0 Å². The summed E-state index contributed by atoms with van der Waals surface area (Å²) in [6.45, 7) is 4.19. The third kappa shape index (κ3) is 5.14. The molecule has 0 aromatic carbocycles. The van der Waals surface area contributed by atoms with E-state index >= 15 is 0 Å². The molecule has 1 aliphatic heterocycles. The average Bonchev–Trinajstić information content (AvgIpc) is 2.36. The quantitative estimate of drug-likeness (QED) is 0.641. The Labute approximate surface area is 101 Å². The molecule has 17 heavy (non-hydrogen) atoms. The van der Waals surface area contributed by atoms with E-state index in [-0.39, 0.29) is 0 Å². The number of ether oxygens (including phenoxy) is 1. The zero-order valence-electron chi connectivity index (χ0n) is 10.4. The summed E-state index contributed by atoms with van der Waals surface area (Å²) in [7, 11) is 1.46. The van der Waals surface area contributed by atoms with Gasteiger partial charge in [-0.15, -0.1) is 0 Å². The second-order valence-corrected chi connectivity index (χ2v) is 4.26. The monoisotopic (exact) mass is 243 g/mol. The van der Waals surface area contributed by atoms with Crippen molar-refractivity contribution in [3.05, 3.63) is 0 Å². The summed E-state index contributed by atoms with van der Waals surface area (Å²) < 4.78 is 5.46. The van der Waals surface area contributed by atoms with E-state index in [9.17, 15) is 9.59 Å². The smallest absolute Gasteiger partial charge is 0.321 e. The fourth-order valence-corrected chi connectivity index (χ4v) is 1.70. The van der Waals surface area contributed by atoms with E-state index < -0.39 is 18.0 Å². The fraction of sp³-hybridized carbons (Fsp3) is 0.818. The Balaban J connectivity index is 2.21. The summed E-state index contributed by atoms with van der Waals surface area (Å²) in [6.07, 6.45) is 1.66. The van der Waals surface area contributed by atoms with Gasteiger partial charge in [0.05, 0.1) is 6.61 Å². The van der Waals surface area contributed by atoms with Crippen molar-refractivity contribution in [3.8, 4) is 0 Å². The van der Waals surface area contributed by atoms with Crippen molar-refractivity contribution in [3.63, 3.8) is 0 Å². The number of carbonyl (C=O) groups excluding carboxylic acids is 2. The molecule has 6 nitrogen and oxygen atoms in total. The van der Waals surface area contributed by atoms with Gasteiger partial charge in [-0.05, 0) is 32.2 Å². The van der Waals surface area contributed by atoms with Crippen molar-refractivity contribution < 1.29 is 14.3 Å². The van der Waals surface area contributed by atoms with Gasteiger partial charge in [0.25, 0.3) is 5.91 Å². The molecule has 1 saturated heterocycles. The molecule has 3 N–H and O–H groups in total. The van der Waals surface area contributed by atoms with Crippen LogP contribution in [0, 0.1) is 5.92 Å². The van der Waals surface area contributed by atoms with Crippen LogP contribution in [0.3, 0.4) is 0 Å². The van der Waals surface area contributed by atoms with E-state index in [1.165, 1.54) is 7.05 Å². The van der Waals surface area contributed by atoms with E-state index in [1.807, 2.05) is 0 Å². The third-order valence-electron chi connectivity index (χ3n) is 2.81. The van der Waals surface area contributed by atoms with Gasteiger partial charge in [0.2, 0.25) is 0 Å². The van der Waals surface area contributed by atoms with Crippen LogP contribution in [-0.4, -0.2) is 44.8 Å². The zero-order valence-corrected chi connectivity index (χ0v) is 10.4. The second-order valence-electron chi connectivity index (χ2n) is 4.26. The minimum absolute atomic E-state index is 0.409. The standard InChI is InChI=1S/C11H21N3O3/c1-8(10(15)14-11(16)12-2)17-7-9-4-3-5-13-6-9/h8-9,13H,3-7H2,1-2H3,(H2,12,14,15,16). The number of hydrogen-bond acceptors (Lipinski definition) is 4. The molecule has 0 radical (unpaired) electrons. The Bertz CT molecular complexity index is 265. The highest BCUT2D eigenvalue weighted by Crippen LogP contribution is 2.10. The largest absolute Gasteiger partial charge is 0.368 e. The number of carbonyl (C=O) groups is 2. The van der Waals surface area contributed by atoms with Crippen LogP contribution in [0.5, 0.6) is 0 Å². The number of amides is 3. The Morgan fingerprint density at radius 1 is 1.53 bits per heavy atom. The summed E-state index contributed by atoms with van der Waals surface area (Å²) in [5.41, 5.74) is 0. The molecule has 3 amide bonds. The molecule has 0 aliphatic carbocycles. The third-order valence-corrected chi connectivity index (χ3v) is 2.81. The van der Waals surface area contributed by atoms with Crippen molar-refractivity contribution in [1.82, 2.24) is 16.0 Å². The highest BCUT2D eigenvalue weighted by molar-refractivity contribution is 5.96. The molecule has 1 aliphatic rings. The van der Waals surface area contributed by atoms with Gasteiger partial charge in [-0.3, -0.25) is 10.1 Å². The van der Waals surface area contributed by atoms with E-state index in [0.717, 1.165) is 25.9 Å². The van der Waals surface area contributed by atoms with Gasteiger partial charge in [0, 0.05) is 13.6 Å². The first-order valence-electron chi connectivity index (χ1n) is 5.98. The van der Waals surface area contributed by atoms with Crippen LogP contribution >= 0.6 is 0 Å². The molecule has 2 unspecified atom stereocenters. The first-order chi connectivity index (χ1) is 8.13. The van der Waals surface area contributed by atoms with E-state index in [4.69, 9.17) is 4.74 Å². The van der Waals surface area contributed by atoms with Crippen LogP contribution in [0.25, 0.3) is 0 Å². The van der Waals surface area contributed by atoms with Crippen LogP contribution in [0.15, 0.2) is 0 Å². The van der Waals surface area contributed by atoms with Gasteiger partial charge in [-0.25, -0.2) is 4.79 Å². The maximum Gasteiger partial charge on any atom is 0.321 e. The molecule has 0 saturated carbocycles. The van der Waals surface area contributed by atoms with Crippen molar-refractivity contribution in [2.75, 3.05) is 26.7 Å². The molecule has 6 heteroatoms. The highest BCUT2D eigenvalue weighted by Gasteiger charge is 2.19. The number of urea groups is 1. The average molecular weight is 243 g/mol. The van der Waals surface area contributed by atoms with Crippen LogP contribution in [0.4, 0.5) is 4.79 Å². The number of rotatable bonds is 4. The molecule has 0 spiro atoms. The Kier molecular flexibility index (Phi) is 5.93. The van der Waals surface area contributed by atoms with Gasteiger partial charge >= 0.3 is 6.03 Å². The SMILES string of the molecule is CNC(=O)NC(=O)C(C)OCC1CCCNC1. The molecule has 1 fully saturated rings. The summed E-state index contributed by atoms with van der Waals surface area (Å²) >= 11 is 0. The van der Waals surface area contributed by atoms with Gasteiger partial charge in [-0.1, -0.05) is 0 Å². The van der Waals surface area contributed by atoms with Crippen molar-refractivity contribution >= 4 is 11.9 Å². The van der Waals surface area contributed by atoms with E-state index in [2.05, 4.69) is 16.0 Å². The summed E-state index contributed by atoms with van der Waals surface area (Å²) in [4.78, 5) is 22.4. The molecule has 0 aromatic heterocycles. The second kappa shape index (κ2) is 7.24. The number of piperidine rings is 1. The van der Waals surface area contributed by atoms with Gasteiger partial charge < -0.3 is 15.4 Å². The minimum atomic E-state index is -0.603. The van der Waals surface area contributed by atoms with Gasteiger partial charge in [0.1, 0.15) is 6.10 Å². The molecule has 98 valence electrons. The molecule has 1 heterocycles. The summed E-state index contributed by atoms with van der Waals surface area (Å²) in [5.74, 6) is 0.0483. The van der Waals surface area contributed by atoms with Crippen LogP contribution in [0.2, 0.25) is 0 Å². The number of imide groups is 1. The number of hydrogen-bond donors (Lipinski definition) is 3. The fourth-order valence-electron chi connectivity index (χ4n) is 1.70. The molecule has 0 bridgehead atoms. The van der Waals surface area contributed by atoms with Crippen molar-refractivity contribution in [2.45, 2.75) is 25.9 Å². The lowest BCUT2D eigenvalue weighted by molar-refractivity contribution is -0.131. The molecular weight excluding hydrogens is 222 g/mol. The maximum absolute atomic E-state index is 11.5. The molecule has 1 rings (SSSR count). The lowest BCUT2D eigenvalue weighted by Gasteiger charge is -2.23. The first-order valence-corrected chi connectivity index (χ1v) is 5.98. The van der Waals surface area contributed by atoms with Crippen LogP contribution < -0.4 is 16.0 Å². The molecular formula is C11H21N3O3. The Morgan fingerprint density at radius 3 is 2.88 bits per heavy atom. The van der Waals surface area contributed by atoms with Crippen LogP contribution in [0.1, 0.15) is 19.8 Å². The normalized spacial score (nSPS) is 21.6. The predicted molar refractivity (Wildman–Crippen MR) is 63.6 cm³/mol. The lowest BCUT2D eigenvalue weighted by atomic mass is 10.0. The molecule has 2 atom stereocenters. The summed E-state index contributed by atoms with van der Waals surface area (Å²) in [5, 5.41) is 7.79. The zero-order chi connectivity index (χ0) is 12.7. The minimum Gasteiger partial charge on any atom is -0.368 e. The molecule has 0 aromatic rings. The topological polar surface area (TPSA) is 79.5 Å². The van der Waals surface area contributed by atoms with Crippen molar-refractivity contribution in [2.24, 2.45) is 5.92 Å². The van der Waals surface area contributed by atoms with Crippen LogP contribution in [-0.2, 0) is 9.53 Å². The highest BCUT2D eigenvalue weighted by atomic mass is 16.5. The lowest BCUT2D eigenvalue weighted by Crippen LogP contribution is -2.43. The predicted octanol–water partition coefficient (Wildman–Crippen LogP) is -0.153. The Morgan fingerprint density at radius 2 is 2.29 bits per heavy atom. The van der Waals surface area contributed by atoms with E-state index in [0.29, 0.717) is 12.5 Å².